The SMILES string of the molecule is CC(Cl)CC(C)Nc1ncnc2c1CCC2. The quantitative estimate of drug-likeness (QED) is 0.822. The molecule has 3 nitrogen and oxygen atoms in total. The van der Waals surface area contributed by atoms with Crippen LogP contribution >= 0.6 is 11.6 Å². The van der Waals surface area contributed by atoms with Gasteiger partial charge in [-0.2, -0.15) is 0 Å². The van der Waals surface area contributed by atoms with Crippen molar-refractivity contribution in [2.75, 3.05) is 5.32 Å². The number of hydrogen-bond acceptors (Lipinski definition) is 3. The summed E-state index contributed by atoms with van der Waals surface area (Å²) < 4.78 is 0. The molecule has 0 spiro atoms. The average molecular weight is 240 g/mol. The standard InChI is InChI=1S/C12H18ClN3/c1-8(13)6-9(2)16-12-10-4-3-5-11(10)14-7-15-12/h7-9H,3-6H2,1-2H3,(H,14,15,16). The van der Waals surface area contributed by atoms with Gasteiger partial charge in [0, 0.05) is 22.7 Å². The highest BCUT2D eigenvalue weighted by atomic mass is 35.5. The molecule has 16 heavy (non-hydrogen) atoms. The van der Waals surface area contributed by atoms with Gasteiger partial charge >= 0.3 is 0 Å². The van der Waals surface area contributed by atoms with E-state index in [9.17, 15) is 0 Å². The van der Waals surface area contributed by atoms with Gasteiger partial charge in [0.05, 0.1) is 0 Å². The monoisotopic (exact) mass is 239 g/mol. The molecule has 0 radical (unpaired) electrons. The van der Waals surface area contributed by atoms with Gasteiger partial charge in [0.15, 0.2) is 0 Å². The van der Waals surface area contributed by atoms with Crippen molar-refractivity contribution in [2.24, 2.45) is 0 Å². The van der Waals surface area contributed by atoms with Crippen molar-refractivity contribution < 1.29 is 0 Å². The van der Waals surface area contributed by atoms with E-state index in [4.69, 9.17) is 11.6 Å². The summed E-state index contributed by atoms with van der Waals surface area (Å²) in [6.07, 6.45) is 5.99. The zero-order valence-corrected chi connectivity index (χ0v) is 10.6. The molecule has 0 saturated heterocycles. The first-order valence-corrected chi connectivity index (χ1v) is 6.34. The van der Waals surface area contributed by atoms with Crippen molar-refractivity contribution in [2.45, 2.75) is 50.9 Å². The third kappa shape index (κ3) is 2.64. The van der Waals surface area contributed by atoms with Crippen LogP contribution in [0.1, 0.15) is 37.9 Å². The Morgan fingerprint density at radius 2 is 2.19 bits per heavy atom. The molecule has 0 bridgehead atoms. The maximum absolute atomic E-state index is 5.98. The number of nitrogens with zero attached hydrogens (tertiary/aromatic N) is 2. The number of aromatic nitrogens is 2. The molecule has 2 unspecified atom stereocenters. The fraction of sp³-hybridized carbons (Fsp3) is 0.667. The van der Waals surface area contributed by atoms with Gasteiger partial charge in [-0.05, 0) is 39.5 Å². The number of fused-ring (bicyclic) bond motifs is 1. The summed E-state index contributed by atoms with van der Waals surface area (Å²) >= 11 is 5.98. The number of rotatable bonds is 4. The molecule has 2 atom stereocenters. The fourth-order valence-electron chi connectivity index (χ4n) is 2.26. The van der Waals surface area contributed by atoms with Crippen molar-refractivity contribution in [1.82, 2.24) is 9.97 Å². The highest BCUT2D eigenvalue weighted by Gasteiger charge is 2.18. The Kier molecular flexibility index (Phi) is 3.64. The largest absolute Gasteiger partial charge is 0.367 e. The molecule has 1 heterocycles. The minimum absolute atomic E-state index is 0.192. The van der Waals surface area contributed by atoms with E-state index in [0.717, 1.165) is 25.1 Å². The molecule has 4 heteroatoms. The van der Waals surface area contributed by atoms with Crippen LogP contribution in [0.5, 0.6) is 0 Å². The van der Waals surface area contributed by atoms with E-state index in [1.165, 1.54) is 17.7 Å². The summed E-state index contributed by atoms with van der Waals surface area (Å²) in [6, 6.07) is 0.354. The molecule has 0 fully saturated rings. The van der Waals surface area contributed by atoms with Gasteiger partial charge in [0.25, 0.3) is 0 Å². The van der Waals surface area contributed by atoms with Gasteiger partial charge in [0.2, 0.25) is 0 Å². The van der Waals surface area contributed by atoms with Crippen molar-refractivity contribution >= 4 is 17.4 Å². The summed E-state index contributed by atoms with van der Waals surface area (Å²) in [6.45, 7) is 4.16. The minimum Gasteiger partial charge on any atom is -0.367 e. The van der Waals surface area contributed by atoms with Crippen molar-refractivity contribution in [1.29, 1.82) is 0 Å². The molecule has 1 aromatic heterocycles. The highest BCUT2D eigenvalue weighted by Crippen LogP contribution is 2.25. The molecule has 0 aromatic carbocycles. The number of alkyl halides is 1. The number of nitrogens with one attached hydrogen (secondary N) is 1. The molecule has 1 aromatic rings. The average Bonchev–Trinajstić information content (AvgIpc) is 2.65. The zero-order chi connectivity index (χ0) is 11.5. The second-order valence-corrected chi connectivity index (χ2v) is 5.31. The van der Waals surface area contributed by atoms with Gasteiger partial charge in [-0.3, -0.25) is 0 Å². The van der Waals surface area contributed by atoms with Crippen molar-refractivity contribution in [3.63, 3.8) is 0 Å². The first-order valence-electron chi connectivity index (χ1n) is 5.90. The van der Waals surface area contributed by atoms with Crippen LogP contribution < -0.4 is 5.32 Å². The van der Waals surface area contributed by atoms with E-state index < -0.39 is 0 Å². The Morgan fingerprint density at radius 3 is 2.94 bits per heavy atom. The Labute approximate surface area is 102 Å². The van der Waals surface area contributed by atoms with Crippen LogP contribution in [0.25, 0.3) is 0 Å². The molecular weight excluding hydrogens is 222 g/mol. The summed E-state index contributed by atoms with van der Waals surface area (Å²) in [5.41, 5.74) is 2.51. The van der Waals surface area contributed by atoms with Crippen LogP contribution in [-0.4, -0.2) is 21.4 Å². The van der Waals surface area contributed by atoms with Gasteiger partial charge in [-0.1, -0.05) is 0 Å². The first-order chi connectivity index (χ1) is 7.66. The predicted molar refractivity (Wildman–Crippen MR) is 67.1 cm³/mol. The molecule has 2 rings (SSSR count). The van der Waals surface area contributed by atoms with Gasteiger partial charge in [-0.15, -0.1) is 11.6 Å². The van der Waals surface area contributed by atoms with E-state index in [-0.39, 0.29) is 5.38 Å². The second-order valence-electron chi connectivity index (χ2n) is 4.56. The first kappa shape index (κ1) is 11.6. The number of hydrogen-bond donors (Lipinski definition) is 1. The predicted octanol–water partition coefficient (Wildman–Crippen LogP) is 2.78. The van der Waals surface area contributed by atoms with Crippen LogP contribution in [-0.2, 0) is 12.8 Å². The number of aryl methyl sites for hydroxylation is 1. The second kappa shape index (κ2) is 5.00. The lowest BCUT2D eigenvalue weighted by molar-refractivity contribution is 0.691. The lowest BCUT2D eigenvalue weighted by atomic mass is 10.1. The normalized spacial score (nSPS) is 17.9. The van der Waals surface area contributed by atoms with E-state index in [1.54, 1.807) is 6.33 Å². The minimum atomic E-state index is 0.192. The number of anilines is 1. The Balaban J connectivity index is 2.07. The molecule has 1 N–H and O–H groups in total. The molecule has 0 saturated carbocycles. The van der Waals surface area contributed by atoms with E-state index in [2.05, 4.69) is 22.2 Å². The topological polar surface area (TPSA) is 37.8 Å². The van der Waals surface area contributed by atoms with Crippen LogP contribution in [0.3, 0.4) is 0 Å². The van der Waals surface area contributed by atoms with Gasteiger partial charge in [-0.25, -0.2) is 9.97 Å². The summed E-state index contributed by atoms with van der Waals surface area (Å²) in [5, 5.41) is 3.63. The molecule has 1 aliphatic carbocycles. The lowest BCUT2D eigenvalue weighted by Gasteiger charge is -2.17. The highest BCUT2D eigenvalue weighted by molar-refractivity contribution is 6.20. The third-order valence-electron chi connectivity index (χ3n) is 2.94. The zero-order valence-electron chi connectivity index (χ0n) is 9.83. The van der Waals surface area contributed by atoms with Crippen LogP contribution in [0.2, 0.25) is 0 Å². The number of halogens is 1. The third-order valence-corrected chi connectivity index (χ3v) is 3.11. The van der Waals surface area contributed by atoms with Crippen molar-refractivity contribution in [3.8, 4) is 0 Å². The summed E-state index contributed by atoms with van der Waals surface area (Å²) in [5.74, 6) is 1.01. The van der Waals surface area contributed by atoms with Crippen LogP contribution in [0.4, 0.5) is 5.82 Å². The Bertz CT molecular complexity index is 365. The summed E-state index contributed by atoms with van der Waals surface area (Å²) in [7, 11) is 0. The van der Waals surface area contributed by atoms with E-state index >= 15 is 0 Å². The smallest absolute Gasteiger partial charge is 0.133 e. The molecular formula is C12H18ClN3. The van der Waals surface area contributed by atoms with Crippen LogP contribution in [0.15, 0.2) is 6.33 Å². The molecule has 0 amide bonds. The van der Waals surface area contributed by atoms with Crippen molar-refractivity contribution in [3.05, 3.63) is 17.6 Å². The van der Waals surface area contributed by atoms with Gasteiger partial charge in [0.1, 0.15) is 12.1 Å². The van der Waals surface area contributed by atoms with Gasteiger partial charge < -0.3 is 5.32 Å². The maximum atomic E-state index is 5.98. The lowest BCUT2D eigenvalue weighted by Crippen LogP contribution is -2.20. The van der Waals surface area contributed by atoms with E-state index in [0.29, 0.717) is 6.04 Å². The summed E-state index contributed by atoms with van der Waals surface area (Å²) in [4.78, 5) is 8.64. The Morgan fingerprint density at radius 1 is 1.38 bits per heavy atom. The molecule has 1 aliphatic rings. The molecule has 88 valence electrons. The van der Waals surface area contributed by atoms with Crippen LogP contribution in [0, 0.1) is 0 Å². The fourth-order valence-corrected chi connectivity index (χ4v) is 2.53. The Hall–Kier alpha value is -0.830. The molecule has 0 aliphatic heterocycles. The maximum Gasteiger partial charge on any atom is 0.133 e. The van der Waals surface area contributed by atoms with E-state index in [1.807, 2.05) is 6.92 Å².